The standard InChI is InChI=1S/C12H19N3O3/c1-11(2,10(17)18)12(3,4)14-9(16)8-6-15(5)7-13-8/h6-7H,1-5H3,(H,14,16)(H,17,18). The fourth-order valence-electron chi connectivity index (χ4n) is 1.30. The Balaban J connectivity index is 2.90. The number of imidazole rings is 1. The molecule has 0 atom stereocenters. The van der Waals surface area contributed by atoms with E-state index in [9.17, 15) is 14.7 Å². The van der Waals surface area contributed by atoms with Gasteiger partial charge >= 0.3 is 5.97 Å². The molecule has 0 aromatic carbocycles. The molecule has 1 heterocycles. The average molecular weight is 253 g/mol. The van der Waals surface area contributed by atoms with Gasteiger partial charge in [0.05, 0.1) is 17.3 Å². The van der Waals surface area contributed by atoms with E-state index in [1.165, 1.54) is 6.33 Å². The number of aromatic nitrogens is 2. The molecular formula is C12H19N3O3. The first kappa shape index (κ1) is 14.2. The Morgan fingerprint density at radius 2 is 1.89 bits per heavy atom. The highest BCUT2D eigenvalue weighted by molar-refractivity contribution is 5.93. The highest BCUT2D eigenvalue weighted by atomic mass is 16.4. The van der Waals surface area contributed by atoms with E-state index in [0.29, 0.717) is 0 Å². The van der Waals surface area contributed by atoms with Gasteiger partial charge in [0.1, 0.15) is 5.69 Å². The number of carboxylic acid groups (broad SMARTS) is 1. The second-order valence-electron chi connectivity index (χ2n) is 5.43. The number of carbonyl (C=O) groups is 2. The molecule has 100 valence electrons. The Kier molecular flexibility index (Phi) is 3.50. The van der Waals surface area contributed by atoms with Gasteiger partial charge in [0.25, 0.3) is 5.91 Å². The van der Waals surface area contributed by atoms with Crippen molar-refractivity contribution in [3.63, 3.8) is 0 Å². The molecule has 0 aliphatic carbocycles. The third-order valence-corrected chi connectivity index (χ3v) is 3.46. The quantitative estimate of drug-likeness (QED) is 0.839. The number of nitrogens with zero attached hydrogens (tertiary/aromatic N) is 2. The average Bonchev–Trinajstić information content (AvgIpc) is 2.63. The van der Waals surface area contributed by atoms with Gasteiger partial charge < -0.3 is 15.0 Å². The maximum atomic E-state index is 12.0. The van der Waals surface area contributed by atoms with Gasteiger partial charge in [0.2, 0.25) is 0 Å². The van der Waals surface area contributed by atoms with Crippen LogP contribution in [0.5, 0.6) is 0 Å². The first-order valence-corrected chi connectivity index (χ1v) is 5.62. The van der Waals surface area contributed by atoms with Crippen molar-refractivity contribution < 1.29 is 14.7 Å². The summed E-state index contributed by atoms with van der Waals surface area (Å²) in [5.74, 6) is -1.34. The van der Waals surface area contributed by atoms with Gasteiger partial charge in [-0.25, -0.2) is 4.98 Å². The Morgan fingerprint density at radius 1 is 1.33 bits per heavy atom. The molecule has 0 aliphatic rings. The Hall–Kier alpha value is -1.85. The van der Waals surface area contributed by atoms with Crippen LogP contribution in [0, 0.1) is 5.41 Å². The number of rotatable bonds is 4. The fourth-order valence-corrected chi connectivity index (χ4v) is 1.30. The molecule has 0 spiro atoms. The third-order valence-electron chi connectivity index (χ3n) is 3.46. The van der Waals surface area contributed by atoms with E-state index in [-0.39, 0.29) is 11.6 Å². The van der Waals surface area contributed by atoms with Crippen LogP contribution in [0.15, 0.2) is 12.5 Å². The predicted octanol–water partition coefficient (Wildman–Crippen LogP) is 1.04. The van der Waals surface area contributed by atoms with Crippen LogP contribution in [0.3, 0.4) is 0 Å². The van der Waals surface area contributed by atoms with Crippen molar-refractivity contribution in [2.75, 3.05) is 0 Å². The van der Waals surface area contributed by atoms with Crippen LogP contribution < -0.4 is 5.32 Å². The zero-order chi connectivity index (χ0) is 14.1. The van der Waals surface area contributed by atoms with E-state index in [0.717, 1.165) is 0 Å². The number of nitrogens with one attached hydrogen (secondary N) is 1. The molecule has 0 fully saturated rings. The van der Waals surface area contributed by atoms with E-state index in [1.807, 2.05) is 0 Å². The van der Waals surface area contributed by atoms with Crippen LogP contribution in [0.4, 0.5) is 0 Å². The van der Waals surface area contributed by atoms with Crippen LogP contribution in [0.1, 0.15) is 38.2 Å². The summed E-state index contributed by atoms with van der Waals surface area (Å²) in [7, 11) is 1.76. The van der Waals surface area contributed by atoms with Crippen molar-refractivity contribution >= 4 is 11.9 Å². The first-order valence-electron chi connectivity index (χ1n) is 5.62. The van der Waals surface area contributed by atoms with Crippen molar-refractivity contribution in [3.8, 4) is 0 Å². The maximum absolute atomic E-state index is 12.0. The summed E-state index contributed by atoms with van der Waals surface area (Å²) in [5, 5.41) is 11.9. The van der Waals surface area contributed by atoms with Crippen LogP contribution in [0.25, 0.3) is 0 Å². The SMILES string of the molecule is Cn1cnc(C(=O)NC(C)(C)C(C)(C)C(=O)O)c1. The molecule has 0 saturated heterocycles. The number of carboxylic acids is 1. The van der Waals surface area contributed by atoms with Crippen LogP contribution in [-0.2, 0) is 11.8 Å². The first-order chi connectivity index (χ1) is 8.08. The van der Waals surface area contributed by atoms with Crippen molar-refractivity contribution in [2.24, 2.45) is 12.5 Å². The van der Waals surface area contributed by atoms with Gasteiger partial charge in [-0.05, 0) is 27.7 Å². The molecule has 6 nitrogen and oxygen atoms in total. The summed E-state index contributed by atoms with van der Waals surface area (Å²) in [4.78, 5) is 27.1. The van der Waals surface area contributed by atoms with Crippen LogP contribution in [0.2, 0.25) is 0 Å². The zero-order valence-corrected chi connectivity index (χ0v) is 11.3. The summed E-state index contributed by atoms with van der Waals surface area (Å²) < 4.78 is 1.66. The lowest BCUT2D eigenvalue weighted by atomic mass is 9.74. The topological polar surface area (TPSA) is 84.2 Å². The smallest absolute Gasteiger partial charge is 0.311 e. The number of aryl methyl sites for hydroxylation is 1. The summed E-state index contributed by atoms with van der Waals surface area (Å²) in [6.45, 7) is 6.52. The third kappa shape index (κ3) is 2.52. The molecule has 0 saturated carbocycles. The van der Waals surface area contributed by atoms with Crippen molar-refractivity contribution in [3.05, 3.63) is 18.2 Å². The van der Waals surface area contributed by atoms with Crippen LogP contribution >= 0.6 is 0 Å². The van der Waals surface area contributed by atoms with Gasteiger partial charge in [0.15, 0.2) is 0 Å². The molecule has 0 unspecified atom stereocenters. The minimum Gasteiger partial charge on any atom is -0.481 e. The van der Waals surface area contributed by atoms with Crippen molar-refractivity contribution in [1.82, 2.24) is 14.9 Å². The van der Waals surface area contributed by atoms with Crippen LogP contribution in [-0.4, -0.2) is 32.1 Å². The van der Waals surface area contributed by atoms with Gasteiger partial charge in [-0.1, -0.05) is 0 Å². The summed E-state index contributed by atoms with van der Waals surface area (Å²) >= 11 is 0. The van der Waals surface area contributed by atoms with E-state index in [4.69, 9.17) is 0 Å². The number of aliphatic carboxylic acids is 1. The summed E-state index contributed by atoms with van der Waals surface area (Å²) in [6.07, 6.45) is 3.10. The fraction of sp³-hybridized carbons (Fsp3) is 0.583. The molecular weight excluding hydrogens is 234 g/mol. The van der Waals surface area contributed by atoms with Gasteiger partial charge in [0, 0.05) is 13.2 Å². The number of hydrogen-bond donors (Lipinski definition) is 2. The number of amides is 1. The van der Waals surface area contributed by atoms with Crippen molar-refractivity contribution in [1.29, 1.82) is 0 Å². The molecule has 2 N–H and O–H groups in total. The molecule has 1 aromatic rings. The number of hydrogen-bond acceptors (Lipinski definition) is 3. The maximum Gasteiger partial charge on any atom is 0.311 e. The molecule has 0 radical (unpaired) electrons. The molecule has 0 bridgehead atoms. The Labute approximate surface area is 106 Å². The lowest BCUT2D eigenvalue weighted by molar-refractivity contribution is -0.150. The van der Waals surface area contributed by atoms with Gasteiger partial charge in [-0.15, -0.1) is 0 Å². The second-order valence-corrected chi connectivity index (χ2v) is 5.43. The molecule has 0 aliphatic heterocycles. The molecule has 18 heavy (non-hydrogen) atoms. The van der Waals surface area contributed by atoms with Crippen molar-refractivity contribution in [2.45, 2.75) is 33.2 Å². The summed E-state index contributed by atoms with van der Waals surface area (Å²) in [5.41, 5.74) is -1.71. The normalized spacial score (nSPS) is 12.3. The lowest BCUT2D eigenvalue weighted by Gasteiger charge is -2.38. The van der Waals surface area contributed by atoms with E-state index in [1.54, 1.807) is 45.5 Å². The van der Waals surface area contributed by atoms with Gasteiger partial charge in [-0.2, -0.15) is 0 Å². The Bertz CT molecular complexity index is 475. The van der Waals surface area contributed by atoms with E-state index < -0.39 is 16.9 Å². The molecule has 6 heteroatoms. The second kappa shape index (κ2) is 4.44. The minimum absolute atomic E-state index is 0.270. The summed E-state index contributed by atoms with van der Waals surface area (Å²) in [6, 6.07) is 0. The van der Waals surface area contributed by atoms with E-state index >= 15 is 0 Å². The van der Waals surface area contributed by atoms with Gasteiger partial charge in [-0.3, -0.25) is 9.59 Å². The number of carbonyl (C=O) groups excluding carboxylic acids is 1. The largest absolute Gasteiger partial charge is 0.481 e. The molecule has 1 rings (SSSR count). The highest BCUT2D eigenvalue weighted by Crippen LogP contribution is 2.30. The molecule has 1 aromatic heterocycles. The minimum atomic E-state index is -1.09. The predicted molar refractivity (Wildman–Crippen MR) is 66.2 cm³/mol. The highest BCUT2D eigenvalue weighted by Gasteiger charge is 2.44. The molecule has 1 amide bonds. The lowest BCUT2D eigenvalue weighted by Crippen LogP contribution is -2.57. The Morgan fingerprint density at radius 3 is 2.28 bits per heavy atom. The van der Waals surface area contributed by atoms with E-state index in [2.05, 4.69) is 10.3 Å². The zero-order valence-electron chi connectivity index (χ0n) is 11.3. The monoisotopic (exact) mass is 253 g/mol.